The third-order valence-electron chi connectivity index (χ3n) is 2.09. The molecule has 1 aromatic rings. The zero-order valence-electron chi connectivity index (χ0n) is 10.7. The largest absolute Gasteiger partial charge is 0.462 e. The number of aliphatic imine (C=N–C) groups is 1. The molecule has 0 saturated heterocycles. The number of benzene rings is 1. The maximum Gasteiger partial charge on any atom is 0.344 e. The van der Waals surface area contributed by atoms with Crippen LogP contribution in [0.5, 0.6) is 0 Å². The molecule has 0 aliphatic heterocycles. The summed E-state index contributed by atoms with van der Waals surface area (Å²) in [6, 6.07) is 1.79. The fourth-order valence-corrected chi connectivity index (χ4v) is 1.66. The van der Waals surface area contributed by atoms with E-state index in [0.29, 0.717) is 0 Å². The molecule has 1 aromatic carbocycles. The minimum Gasteiger partial charge on any atom is -0.462 e. The van der Waals surface area contributed by atoms with Gasteiger partial charge in [0.2, 0.25) is 0 Å². The SMILES string of the molecule is CCOC(=O)c1c(F)cc(N=C(NC#N)SC)cc1F. The predicted octanol–water partition coefficient (Wildman–Crippen LogP) is 2.56. The Hall–Kier alpha value is -2.14. The molecule has 106 valence electrons. The molecule has 0 spiro atoms. The van der Waals surface area contributed by atoms with Crippen molar-refractivity contribution in [2.45, 2.75) is 6.92 Å². The van der Waals surface area contributed by atoms with Gasteiger partial charge in [0.25, 0.3) is 0 Å². The molecular formula is C12H11F2N3O2S. The smallest absolute Gasteiger partial charge is 0.344 e. The maximum atomic E-state index is 13.7. The van der Waals surface area contributed by atoms with Crippen molar-refractivity contribution in [3.05, 3.63) is 29.3 Å². The number of halogens is 2. The molecule has 0 heterocycles. The van der Waals surface area contributed by atoms with E-state index in [9.17, 15) is 13.6 Å². The average molecular weight is 299 g/mol. The molecule has 1 N–H and O–H groups in total. The van der Waals surface area contributed by atoms with Crippen LogP contribution in [-0.2, 0) is 4.74 Å². The summed E-state index contributed by atoms with van der Waals surface area (Å²) in [6.07, 6.45) is 3.29. The number of rotatable bonds is 3. The molecule has 0 aliphatic carbocycles. The monoisotopic (exact) mass is 299 g/mol. The van der Waals surface area contributed by atoms with Gasteiger partial charge < -0.3 is 4.74 Å². The molecule has 0 amide bonds. The van der Waals surface area contributed by atoms with E-state index in [1.54, 1.807) is 12.4 Å². The van der Waals surface area contributed by atoms with Gasteiger partial charge in [0.05, 0.1) is 12.3 Å². The van der Waals surface area contributed by atoms with Gasteiger partial charge in [-0.2, -0.15) is 5.26 Å². The van der Waals surface area contributed by atoms with Crippen molar-refractivity contribution in [1.29, 1.82) is 5.26 Å². The minimum atomic E-state index is -1.07. The fourth-order valence-electron chi connectivity index (χ4n) is 1.31. The quantitative estimate of drug-likeness (QED) is 0.305. The average Bonchev–Trinajstić information content (AvgIpc) is 2.37. The summed E-state index contributed by atoms with van der Waals surface area (Å²) in [7, 11) is 0. The van der Waals surface area contributed by atoms with Crippen LogP contribution in [0.1, 0.15) is 17.3 Å². The predicted molar refractivity (Wildman–Crippen MR) is 71.7 cm³/mol. The highest BCUT2D eigenvalue weighted by molar-refractivity contribution is 8.13. The van der Waals surface area contributed by atoms with Gasteiger partial charge in [-0.05, 0) is 13.2 Å². The Labute approximate surface area is 118 Å². The summed E-state index contributed by atoms with van der Waals surface area (Å²) in [5, 5.41) is 10.9. The van der Waals surface area contributed by atoms with Crippen molar-refractivity contribution in [1.82, 2.24) is 5.32 Å². The van der Waals surface area contributed by atoms with Crippen LogP contribution >= 0.6 is 11.8 Å². The summed E-state index contributed by atoms with van der Waals surface area (Å²) < 4.78 is 32.0. The lowest BCUT2D eigenvalue weighted by atomic mass is 10.2. The molecule has 0 saturated carbocycles. The molecule has 0 radical (unpaired) electrons. The zero-order valence-corrected chi connectivity index (χ0v) is 11.6. The van der Waals surface area contributed by atoms with E-state index in [1.165, 1.54) is 6.92 Å². The molecule has 0 fully saturated rings. The third-order valence-corrected chi connectivity index (χ3v) is 2.67. The van der Waals surface area contributed by atoms with Crippen molar-refractivity contribution in [2.24, 2.45) is 4.99 Å². The van der Waals surface area contributed by atoms with Crippen molar-refractivity contribution in [2.75, 3.05) is 12.9 Å². The summed E-state index contributed by atoms with van der Waals surface area (Å²) in [4.78, 5) is 15.2. The van der Waals surface area contributed by atoms with E-state index in [4.69, 9.17) is 5.26 Å². The van der Waals surface area contributed by atoms with Crippen LogP contribution in [-0.4, -0.2) is 24.0 Å². The number of nitrogens with one attached hydrogen (secondary N) is 1. The number of amidine groups is 1. The standard InChI is InChI=1S/C12H11F2N3O2S/c1-3-19-11(18)10-8(13)4-7(5-9(10)14)17-12(20-2)16-6-15/h4-5H,3H2,1-2H3,(H,16,17). The molecule has 0 unspecified atom stereocenters. The van der Waals surface area contributed by atoms with E-state index >= 15 is 0 Å². The maximum absolute atomic E-state index is 13.7. The Morgan fingerprint density at radius 2 is 2.10 bits per heavy atom. The van der Waals surface area contributed by atoms with Crippen LogP contribution in [0.2, 0.25) is 0 Å². The lowest BCUT2D eigenvalue weighted by Crippen LogP contribution is -2.13. The van der Waals surface area contributed by atoms with Gasteiger partial charge in [0.15, 0.2) is 11.4 Å². The van der Waals surface area contributed by atoms with Crippen molar-refractivity contribution in [3.63, 3.8) is 0 Å². The van der Waals surface area contributed by atoms with Gasteiger partial charge in [0.1, 0.15) is 17.2 Å². The molecule has 1 rings (SSSR count). The number of nitriles is 1. The van der Waals surface area contributed by atoms with Crippen LogP contribution in [0, 0.1) is 23.1 Å². The molecular weight excluding hydrogens is 288 g/mol. The Morgan fingerprint density at radius 1 is 1.50 bits per heavy atom. The van der Waals surface area contributed by atoms with E-state index in [1.807, 2.05) is 0 Å². The van der Waals surface area contributed by atoms with Crippen molar-refractivity contribution < 1.29 is 18.3 Å². The summed E-state index contributed by atoms with van der Waals surface area (Å²) in [6.45, 7) is 1.55. The van der Waals surface area contributed by atoms with Crippen LogP contribution in [0.25, 0.3) is 0 Å². The highest BCUT2D eigenvalue weighted by atomic mass is 32.2. The highest BCUT2D eigenvalue weighted by Gasteiger charge is 2.19. The molecule has 5 nitrogen and oxygen atoms in total. The van der Waals surface area contributed by atoms with Gasteiger partial charge in [-0.25, -0.2) is 18.6 Å². The number of carbonyl (C=O) groups is 1. The molecule has 0 aromatic heterocycles. The number of thioether (sulfide) groups is 1. The second kappa shape index (κ2) is 7.45. The van der Waals surface area contributed by atoms with Crippen molar-refractivity contribution >= 4 is 28.6 Å². The lowest BCUT2D eigenvalue weighted by molar-refractivity contribution is 0.0515. The number of hydrogen-bond acceptors (Lipinski definition) is 5. The van der Waals surface area contributed by atoms with Crippen LogP contribution in [0.4, 0.5) is 14.5 Å². The van der Waals surface area contributed by atoms with Gasteiger partial charge in [-0.3, -0.25) is 5.32 Å². The Morgan fingerprint density at radius 3 is 2.55 bits per heavy atom. The van der Waals surface area contributed by atoms with Crippen molar-refractivity contribution in [3.8, 4) is 6.19 Å². The summed E-state index contributed by atoms with van der Waals surface area (Å²) in [5.74, 6) is -3.21. The van der Waals surface area contributed by atoms with Gasteiger partial charge >= 0.3 is 5.97 Å². The first-order valence-corrected chi connectivity index (χ1v) is 6.69. The number of ether oxygens (including phenoxy) is 1. The molecule has 0 atom stereocenters. The summed E-state index contributed by atoms with van der Waals surface area (Å²) >= 11 is 1.10. The normalized spacial score (nSPS) is 10.8. The summed E-state index contributed by atoms with van der Waals surface area (Å²) in [5.41, 5.74) is -0.815. The van der Waals surface area contributed by atoms with Crippen LogP contribution < -0.4 is 5.32 Å². The van der Waals surface area contributed by atoms with Crippen LogP contribution in [0.15, 0.2) is 17.1 Å². The highest BCUT2D eigenvalue weighted by Crippen LogP contribution is 2.22. The number of esters is 1. The fraction of sp³-hybridized carbons (Fsp3) is 0.250. The number of nitrogens with zero attached hydrogens (tertiary/aromatic N) is 2. The van der Waals surface area contributed by atoms with E-state index in [0.717, 1.165) is 23.9 Å². The van der Waals surface area contributed by atoms with E-state index in [2.05, 4.69) is 15.0 Å². The first-order valence-electron chi connectivity index (χ1n) is 5.47. The first kappa shape index (κ1) is 15.9. The molecule has 0 aliphatic rings. The molecule has 20 heavy (non-hydrogen) atoms. The van der Waals surface area contributed by atoms with E-state index < -0.39 is 23.2 Å². The topological polar surface area (TPSA) is 74.5 Å². The van der Waals surface area contributed by atoms with Gasteiger partial charge in [-0.15, -0.1) is 0 Å². The second-order valence-electron chi connectivity index (χ2n) is 3.36. The molecule has 8 heteroatoms. The first-order chi connectivity index (χ1) is 9.53. The number of carbonyl (C=O) groups excluding carboxylic acids is 1. The van der Waals surface area contributed by atoms with Crippen LogP contribution in [0.3, 0.4) is 0 Å². The Bertz CT molecular complexity index is 562. The third kappa shape index (κ3) is 3.93. The minimum absolute atomic E-state index is 0.0142. The zero-order chi connectivity index (χ0) is 15.1. The van der Waals surface area contributed by atoms with Gasteiger partial charge in [-0.1, -0.05) is 11.8 Å². The Balaban J connectivity index is 3.17. The van der Waals surface area contributed by atoms with E-state index in [-0.39, 0.29) is 17.5 Å². The lowest BCUT2D eigenvalue weighted by Gasteiger charge is -2.06. The Kier molecular flexibility index (Phi) is 5.93. The van der Waals surface area contributed by atoms with Gasteiger partial charge in [0, 0.05) is 12.1 Å². The number of hydrogen-bond donors (Lipinski definition) is 1. The second-order valence-corrected chi connectivity index (χ2v) is 4.16. The molecule has 0 bridgehead atoms.